The first-order valence-electron chi connectivity index (χ1n) is 6.41. The highest BCUT2D eigenvalue weighted by Crippen LogP contribution is 2.26. The molecular weight excluding hydrogens is 310 g/mol. The Hall–Kier alpha value is -1.63. The van der Waals surface area contributed by atoms with E-state index in [1.165, 1.54) is 11.3 Å². The van der Waals surface area contributed by atoms with Gasteiger partial charge >= 0.3 is 0 Å². The normalized spacial score (nSPS) is 9.81. The molecular formula is C14H18ClN3O2S. The number of benzene rings is 1. The zero-order valence-electron chi connectivity index (χ0n) is 11.7. The van der Waals surface area contributed by atoms with E-state index in [1.54, 1.807) is 0 Å². The summed E-state index contributed by atoms with van der Waals surface area (Å²) in [4.78, 5) is 15.5. The number of nitrogens with one attached hydrogen (secondary N) is 1. The molecule has 0 radical (unpaired) electrons. The Labute approximate surface area is 133 Å². The Bertz CT molecular complexity index is 572. The quantitative estimate of drug-likeness (QED) is 0.855. The molecule has 2 aromatic rings. The fourth-order valence-corrected chi connectivity index (χ4v) is 2.31. The molecule has 0 aliphatic rings. The van der Waals surface area contributed by atoms with Crippen LogP contribution in [0.2, 0.25) is 0 Å². The molecule has 0 saturated heterocycles. The summed E-state index contributed by atoms with van der Waals surface area (Å²) in [5.74, 6) is 0.608. The van der Waals surface area contributed by atoms with Gasteiger partial charge in [-0.2, -0.15) is 0 Å². The third-order valence-electron chi connectivity index (χ3n) is 2.56. The number of carbonyl (C=O) groups is 1. The first-order chi connectivity index (χ1) is 9.72. The maximum atomic E-state index is 11.2. The fraction of sp³-hybridized carbons (Fsp3) is 0.286. The van der Waals surface area contributed by atoms with Gasteiger partial charge < -0.3 is 15.8 Å². The van der Waals surface area contributed by atoms with Crippen molar-refractivity contribution in [3.63, 3.8) is 0 Å². The lowest BCUT2D eigenvalue weighted by molar-refractivity contribution is -0.114. The number of carbonyl (C=O) groups excluding carboxylic acids is 1. The summed E-state index contributed by atoms with van der Waals surface area (Å²) in [5, 5.41) is 5.09. The monoisotopic (exact) mass is 327 g/mol. The number of thiazole rings is 1. The Morgan fingerprint density at radius 2 is 2.10 bits per heavy atom. The lowest BCUT2D eigenvalue weighted by atomic mass is 10.2. The number of nitrogens with two attached hydrogens (primary N) is 1. The van der Waals surface area contributed by atoms with Gasteiger partial charge in [0.2, 0.25) is 5.91 Å². The fourth-order valence-electron chi connectivity index (χ4n) is 1.58. The number of amides is 1. The Morgan fingerprint density at radius 1 is 1.38 bits per heavy atom. The second-order valence-corrected chi connectivity index (χ2v) is 5.02. The van der Waals surface area contributed by atoms with E-state index in [1.807, 2.05) is 29.6 Å². The summed E-state index contributed by atoms with van der Waals surface area (Å²) in [6.07, 6.45) is 0.984. The number of ether oxygens (including phenoxy) is 1. The van der Waals surface area contributed by atoms with Crippen molar-refractivity contribution in [1.29, 1.82) is 0 Å². The maximum absolute atomic E-state index is 11.2. The highest BCUT2D eigenvalue weighted by Gasteiger charge is 2.07. The average Bonchev–Trinajstić information content (AvgIpc) is 2.94. The minimum atomic E-state index is -0.241. The van der Waals surface area contributed by atoms with Crippen molar-refractivity contribution in [3.8, 4) is 17.0 Å². The van der Waals surface area contributed by atoms with Crippen LogP contribution in [0.4, 0.5) is 5.13 Å². The molecule has 0 atom stereocenters. The molecule has 0 fully saturated rings. The predicted octanol–water partition coefficient (Wildman–Crippen LogP) is 2.92. The van der Waals surface area contributed by atoms with Crippen LogP contribution in [-0.4, -0.2) is 24.0 Å². The highest BCUT2D eigenvalue weighted by atomic mass is 35.5. The van der Waals surface area contributed by atoms with Gasteiger partial charge in [-0.05, 0) is 30.7 Å². The number of rotatable bonds is 6. The molecule has 2 rings (SSSR count). The highest BCUT2D eigenvalue weighted by molar-refractivity contribution is 7.14. The summed E-state index contributed by atoms with van der Waals surface area (Å²) >= 11 is 1.38. The predicted molar refractivity (Wildman–Crippen MR) is 88.3 cm³/mol. The van der Waals surface area contributed by atoms with Crippen LogP contribution in [0.5, 0.6) is 5.75 Å². The van der Waals surface area contributed by atoms with Crippen molar-refractivity contribution >= 4 is 34.8 Å². The van der Waals surface area contributed by atoms with E-state index in [4.69, 9.17) is 10.5 Å². The van der Waals surface area contributed by atoms with Crippen molar-refractivity contribution in [2.45, 2.75) is 13.3 Å². The molecule has 1 aromatic heterocycles. The number of halogens is 1. The minimum Gasteiger partial charge on any atom is -0.494 e. The Kier molecular flexibility index (Phi) is 7.14. The van der Waals surface area contributed by atoms with E-state index in [2.05, 4.69) is 17.2 Å². The molecule has 0 aliphatic heterocycles. The summed E-state index contributed by atoms with van der Waals surface area (Å²) in [7, 11) is 0. The van der Waals surface area contributed by atoms with E-state index in [0.29, 0.717) is 11.7 Å². The Morgan fingerprint density at radius 3 is 2.71 bits per heavy atom. The van der Waals surface area contributed by atoms with Gasteiger partial charge in [0.15, 0.2) is 5.13 Å². The summed E-state index contributed by atoms with van der Waals surface area (Å²) in [5.41, 5.74) is 7.05. The van der Waals surface area contributed by atoms with Crippen LogP contribution in [0.3, 0.4) is 0 Å². The molecule has 0 spiro atoms. The molecule has 1 heterocycles. The van der Waals surface area contributed by atoms with E-state index in [-0.39, 0.29) is 24.9 Å². The first kappa shape index (κ1) is 17.4. The van der Waals surface area contributed by atoms with Gasteiger partial charge in [-0.25, -0.2) is 4.98 Å². The van der Waals surface area contributed by atoms with Gasteiger partial charge in [0.1, 0.15) is 5.75 Å². The standard InChI is InChI=1S/C14H17N3O2S.ClH/c1-2-7-19-11-5-3-10(4-6-11)12-9-20-14(16-12)17-13(18)8-15;/h3-6,9H,2,7-8,15H2,1H3,(H,16,17,18);1H. The largest absolute Gasteiger partial charge is 0.494 e. The minimum absolute atomic E-state index is 0. The number of hydrogen-bond acceptors (Lipinski definition) is 5. The smallest absolute Gasteiger partial charge is 0.239 e. The number of aromatic nitrogens is 1. The van der Waals surface area contributed by atoms with Crippen LogP contribution in [-0.2, 0) is 4.79 Å². The summed E-state index contributed by atoms with van der Waals surface area (Å²) in [6.45, 7) is 2.74. The van der Waals surface area contributed by atoms with Crippen LogP contribution in [0.15, 0.2) is 29.6 Å². The zero-order valence-corrected chi connectivity index (χ0v) is 13.3. The lowest BCUT2D eigenvalue weighted by Crippen LogP contribution is -2.21. The molecule has 114 valence electrons. The van der Waals surface area contributed by atoms with Gasteiger partial charge in [0, 0.05) is 10.9 Å². The van der Waals surface area contributed by atoms with Crippen molar-refractivity contribution < 1.29 is 9.53 Å². The maximum Gasteiger partial charge on any atom is 0.239 e. The molecule has 3 N–H and O–H groups in total. The molecule has 0 unspecified atom stereocenters. The SMILES string of the molecule is CCCOc1ccc(-c2csc(NC(=O)CN)n2)cc1.Cl. The van der Waals surface area contributed by atoms with E-state index < -0.39 is 0 Å². The van der Waals surface area contributed by atoms with E-state index in [9.17, 15) is 4.79 Å². The van der Waals surface area contributed by atoms with Crippen LogP contribution in [0.25, 0.3) is 11.3 Å². The molecule has 7 heteroatoms. The summed E-state index contributed by atoms with van der Waals surface area (Å²) in [6, 6.07) is 7.74. The molecule has 0 saturated carbocycles. The van der Waals surface area contributed by atoms with Gasteiger partial charge in [-0.1, -0.05) is 6.92 Å². The first-order valence-corrected chi connectivity index (χ1v) is 7.29. The van der Waals surface area contributed by atoms with Crippen LogP contribution >= 0.6 is 23.7 Å². The van der Waals surface area contributed by atoms with Crippen molar-refractivity contribution in [2.75, 3.05) is 18.5 Å². The topological polar surface area (TPSA) is 77.2 Å². The van der Waals surface area contributed by atoms with Crippen molar-refractivity contribution in [2.24, 2.45) is 5.73 Å². The molecule has 1 amide bonds. The summed E-state index contributed by atoms with van der Waals surface area (Å²) < 4.78 is 5.53. The van der Waals surface area contributed by atoms with Gasteiger partial charge in [-0.15, -0.1) is 23.7 Å². The zero-order chi connectivity index (χ0) is 14.4. The number of nitrogens with zero attached hydrogens (tertiary/aromatic N) is 1. The van der Waals surface area contributed by atoms with E-state index >= 15 is 0 Å². The molecule has 21 heavy (non-hydrogen) atoms. The van der Waals surface area contributed by atoms with Gasteiger partial charge in [0.05, 0.1) is 18.8 Å². The van der Waals surface area contributed by atoms with Crippen molar-refractivity contribution in [1.82, 2.24) is 4.98 Å². The number of hydrogen-bond donors (Lipinski definition) is 2. The molecule has 1 aromatic carbocycles. The van der Waals surface area contributed by atoms with Crippen LogP contribution in [0.1, 0.15) is 13.3 Å². The van der Waals surface area contributed by atoms with Crippen molar-refractivity contribution in [3.05, 3.63) is 29.6 Å². The van der Waals surface area contributed by atoms with Gasteiger partial charge in [-0.3, -0.25) is 4.79 Å². The second-order valence-electron chi connectivity index (χ2n) is 4.16. The lowest BCUT2D eigenvalue weighted by Gasteiger charge is -2.04. The Balaban J connectivity index is 0.00000220. The third-order valence-corrected chi connectivity index (χ3v) is 3.32. The molecule has 0 bridgehead atoms. The second kappa shape index (κ2) is 8.61. The molecule has 5 nitrogen and oxygen atoms in total. The van der Waals surface area contributed by atoms with Crippen LogP contribution in [0, 0.1) is 0 Å². The number of anilines is 1. The molecule has 0 aliphatic carbocycles. The average molecular weight is 328 g/mol. The van der Waals surface area contributed by atoms with E-state index in [0.717, 1.165) is 23.4 Å². The third kappa shape index (κ3) is 5.00. The van der Waals surface area contributed by atoms with Crippen LogP contribution < -0.4 is 15.8 Å². The van der Waals surface area contributed by atoms with Gasteiger partial charge in [0.25, 0.3) is 0 Å².